The summed E-state index contributed by atoms with van der Waals surface area (Å²) in [5.74, 6) is 2.47. The number of hydrogen-bond donors (Lipinski definition) is 2. The first kappa shape index (κ1) is 112. The van der Waals surface area contributed by atoms with Crippen LogP contribution in [-0.4, -0.2) is 10.2 Å². The van der Waals surface area contributed by atoms with Crippen molar-refractivity contribution in [3.8, 4) is 5.75 Å². The van der Waals surface area contributed by atoms with Crippen molar-refractivity contribution in [2.75, 3.05) is 0 Å². The Kier molecular flexibility index (Phi) is 128. The van der Waals surface area contributed by atoms with Gasteiger partial charge in [-0.3, -0.25) is 0 Å². The van der Waals surface area contributed by atoms with E-state index in [0.29, 0.717) is 11.5 Å². The lowest BCUT2D eigenvalue weighted by Crippen LogP contribution is -2.19. The number of phenols is 1. The number of hydrogen-bond acceptors (Lipinski definition) is 2. The number of aliphatic hydroxyl groups excluding tert-OH is 1. The van der Waals surface area contributed by atoms with Crippen molar-refractivity contribution in [1.82, 2.24) is 0 Å². The van der Waals surface area contributed by atoms with Gasteiger partial charge in [-0.05, 0) is 97.3 Å². The first-order chi connectivity index (χ1) is 12.7. The Morgan fingerprint density at radius 1 is 0.413 bits per heavy atom. The molecule has 1 aromatic rings. The second-order valence-corrected chi connectivity index (χ2v) is 7.92. The van der Waals surface area contributed by atoms with E-state index in [2.05, 4.69) is 18.2 Å². The third-order valence-electron chi connectivity index (χ3n) is 6.35. The van der Waals surface area contributed by atoms with Gasteiger partial charge in [0.1, 0.15) is 5.75 Å². The van der Waals surface area contributed by atoms with Crippen LogP contribution < -0.4 is 0 Å². The number of aromatic hydroxyl groups is 1. The van der Waals surface area contributed by atoms with Gasteiger partial charge in [-0.2, -0.15) is 13.5 Å². The van der Waals surface area contributed by atoms with Gasteiger partial charge in [0.2, 0.25) is 0 Å². The lowest BCUT2D eigenvalue weighted by molar-refractivity contribution is 0.287. The summed E-state index contributed by atoms with van der Waals surface area (Å²) in [6.07, 6.45) is 18.0. The summed E-state index contributed by atoms with van der Waals surface area (Å²) in [4.78, 5) is 0. The maximum absolute atomic E-state index is 9.53. The molecule has 0 bridgehead atoms. The van der Waals surface area contributed by atoms with Crippen molar-refractivity contribution in [3.05, 3.63) is 71.0 Å². The lowest BCUT2D eigenvalue weighted by Gasteiger charge is -2.33. The van der Waals surface area contributed by atoms with Gasteiger partial charge in [-0.1, -0.05) is 171 Å². The van der Waals surface area contributed by atoms with E-state index in [1.54, 1.807) is 12.1 Å². The fourth-order valence-corrected chi connectivity index (χ4v) is 4.69. The Hall–Kier alpha value is -1.87. The molecule has 0 aliphatic heterocycles. The smallest absolute Gasteiger partial charge is 0.115 e. The van der Waals surface area contributed by atoms with Crippen molar-refractivity contribution in [2.24, 2.45) is 11.8 Å². The molecule has 3 aliphatic carbocycles. The molecule has 0 fully saturated rings. The first-order valence-electron chi connectivity index (χ1n) is 9.95. The van der Waals surface area contributed by atoms with E-state index in [0.717, 1.165) is 31.1 Å². The molecular formula is C43H106O2S. The van der Waals surface area contributed by atoms with Crippen LogP contribution in [0.25, 0.3) is 5.57 Å². The molecule has 0 spiro atoms. The molecule has 0 saturated heterocycles. The van der Waals surface area contributed by atoms with E-state index in [1.807, 2.05) is 18.2 Å². The molecule has 1 aromatic carbocycles. The van der Waals surface area contributed by atoms with Gasteiger partial charge >= 0.3 is 0 Å². The van der Waals surface area contributed by atoms with Crippen molar-refractivity contribution in [3.63, 3.8) is 0 Å². The predicted molar refractivity (Wildman–Crippen MR) is 245 cm³/mol. The quantitative estimate of drug-likeness (QED) is 0.332. The third-order valence-corrected chi connectivity index (χ3v) is 6.35. The summed E-state index contributed by atoms with van der Waals surface area (Å²) in [5.41, 5.74) is 5.64. The monoisotopic (exact) mass is 687 g/mol. The maximum atomic E-state index is 9.53. The second kappa shape index (κ2) is 52.7. The molecule has 0 saturated carbocycles. The van der Waals surface area contributed by atoms with Gasteiger partial charge in [0, 0.05) is 6.42 Å². The Morgan fingerprint density at radius 3 is 1.09 bits per heavy atom. The van der Waals surface area contributed by atoms with E-state index >= 15 is 0 Å². The molecule has 2 unspecified atom stereocenters. The average molecular weight is 687 g/mol. The van der Waals surface area contributed by atoms with E-state index < -0.39 is 0 Å². The molecule has 0 aromatic heterocycles. The largest absolute Gasteiger partial charge is 0.512 e. The van der Waals surface area contributed by atoms with Crippen LogP contribution in [0.3, 0.4) is 0 Å². The van der Waals surface area contributed by atoms with Gasteiger partial charge in [0.25, 0.3) is 0 Å². The lowest BCUT2D eigenvalue weighted by atomic mass is 9.73. The second-order valence-electron chi connectivity index (χ2n) is 7.92. The molecular weight excluding hydrogens is 581 g/mol. The Morgan fingerprint density at radius 2 is 0.783 bits per heavy atom. The van der Waals surface area contributed by atoms with Crippen molar-refractivity contribution in [2.45, 2.75) is 192 Å². The normalized spacial score (nSPS) is 15.0. The van der Waals surface area contributed by atoms with Crippen molar-refractivity contribution in [1.29, 1.82) is 0 Å². The maximum Gasteiger partial charge on any atom is 0.115 e. The highest BCUT2D eigenvalue weighted by molar-refractivity contribution is 7.59. The predicted octanol–water partition coefficient (Wildman–Crippen LogP) is 18.7. The summed E-state index contributed by atoms with van der Waals surface area (Å²) >= 11 is 0. The van der Waals surface area contributed by atoms with Crippen LogP contribution in [0.1, 0.15) is 198 Å². The van der Waals surface area contributed by atoms with E-state index in [-0.39, 0.29) is 155 Å². The average Bonchev–Trinajstić information content (AvgIpc) is 2.70. The molecule has 0 amide bonds. The van der Waals surface area contributed by atoms with Crippen molar-refractivity contribution < 1.29 is 10.2 Å². The topological polar surface area (TPSA) is 40.5 Å². The number of allylic oxidation sites excluding steroid dienone is 8. The van der Waals surface area contributed by atoms with Gasteiger partial charge in [0.15, 0.2) is 0 Å². The minimum atomic E-state index is 0. The van der Waals surface area contributed by atoms with Crippen LogP contribution in [0, 0.1) is 11.8 Å². The van der Waals surface area contributed by atoms with Crippen LogP contribution >= 0.6 is 13.5 Å². The zero-order valence-electron chi connectivity index (χ0n) is 15.8. The third kappa shape index (κ3) is 28.4. The summed E-state index contributed by atoms with van der Waals surface area (Å²) in [5, 5.41) is 19.0. The highest BCUT2D eigenvalue weighted by Crippen LogP contribution is 2.41. The molecule has 4 rings (SSSR count). The Balaban J connectivity index is -0.0000000280. The van der Waals surface area contributed by atoms with Crippen LogP contribution in [0.5, 0.6) is 5.75 Å². The fraction of sp³-hybridized carbons (Fsp3) is 0.674. The van der Waals surface area contributed by atoms with Gasteiger partial charge in [-0.15, -0.1) is 0 Å². The first-order valence-corrected chi connectivity index (χ1v) is 9.95. The van der Waals surface area contributed by atoms with Crippen LogP contribution in [-0.2, 0) is 0 Å². The molecule has 0 heterocycles. The molecule has 0 radical (unpaired) electrons. The molecule has 2 nitrogen and oxygen atoms in total. The minimum Gasteiger partial charge on any atom is -0.512 e. The standard InChI is InChI=1S/C24H28O2.19CH4.H2S/c25-23-13-9-21(10-14-23)19-5-1-17(2-6-19)18-3-7-20(8-4-18)22-11-15-24(26)16-12-22;;;;;;;;;;;;;;;;;;;;/h5,7,9-11,13-15,17-18,25-26H,1-4,6,8,12,16H2;19*1H4;1H2. The minimum absolute atomic E-state index is 0. The molecule has 3 aliphatic rings. The fourth-order valence-electron chi connectivity index (χ4n) is 4.69. The highest BCUT2D eigenvalue weighted by atomic mass is 32.1. The molecule has 296 valence electrons. The van der Waals surface area contributed by atoms with Crippen LogP contribution in [0.4, 0.5) is 0 Å². The van der Waals surface area contributed by atoms with Gasteiger partial charge in [-0.25, -0.2) is 0 Å². The molecule has 3 heteroatoms. The van der Waals surface area contributed by atoms with E-state index in [4.69, 9.17) is 0 Å². The Labute approximate surface area is 309 Å². The Bertz CT molecular complexity index is 786. The van der Waals surface area contributed by atoms with Gasteiger partial charge < -0.3 is 10.2 Å². The SMILES string of the molecule is C.C.C.C.C.C.C.C.C.C.C.C.C.C.C.C.C.C.C.OC1=CC=C(C2=CCC(C3CC=C(c4ccc(O)cc4)CC3)CC2)CC1.S. The zero-order chi connectivity index (χ0) is 17.9. The molecule has 46 heavy (non-hydrogen) atoms. The van der Waals surface area contributed by atoms with E-state index in [1.165, 1.54) is 54.4 Å². The summed E-state index contributed by atoms with van der Waals surface area (Å²) in [6, 6.07) is 7.62. The summed E-state index contributed by atoms with van der Waals surface area (Å²) in [7, 11) is 0. The van der Waals surface area contributed by atoms with Crippen molar-refractivity contribution >= 4 is 19.1 Å². The number of phenolic OH excluding ortho intramolecular Hbond substituents is 1. The molecule has 2 N–H and O–H groups in total. The summed E-state index contributed by atoms with van der Waals surface area (Å²) in [6.45, 7) is 0. The zero-order valence-corrected chi connectivity index (χ0v) is 16.8. The number of aliphatic hydroxyl groups is 1. The number of rotatable bonds is 3. The summed E-state index contributed by atoms with van der Waals surface area (Å²) < 4.78 is 0. The molecule has 2 atom stereocenters. The van der Waals surface area contributed by atoms with Gasteiger partial charge in [0.05, 0.1) is 5.76 Å². The number of benzene rings is 1. The van der Waals surface area contributed by atoms with Crippen LogP contribution in [0.15, 0.2) is 65.5 Å². The van der Waals surface area contributed by atoms with Crippen LogP contribution in [0.2, 0.25) is 0 Å². The highest BCUT2D eigenvalue weighted by Gasteiger charge is 2.26. The van der Waals surface area contributed by atoms with E-state index in [9.17, 15) is 10.2 Å².